The van der Waals surface area contributed by atoms with E-state index in [0.29, 0.717) is 18.5 Å². The number of fused-ring (bicyclic) bond motifs is 1. The van der Waals surface area contributed by atoms with E-state index < -0.39 is 29.9 Å². The summed E-state index contributed by atoms with van der Waals surface area (Å²) >= 11 is 0. The summed E-state index contributed by atoms with van der Waals surface area (Å²) < 4.78 is 10.1. The summed E-state index contributed by atoms with van der Waals surface area (Å²) in [7, 11) is 2.33. The normalized spacial score (nSPS) is 20.8. The highest BCUT2D eigenvalue weighted by Crippen LogP contribution is 2.44. The van der Waals surface area contributed by atoms with Gasteiger partial charge in [0.1, 0.15) is 17.6 Å². The second-order valence-corrected chi connectivity index (χ2v) is 9.16. The van der Waals surface area contributed by atoms with E-state index in [9.17, 15) is 24.4 Å². The molecule has 2 aromatic carbocycles. The lowest BCUT2D eigenvalue weighted by molar-refractivity contribution is -0.139. The van der Waals surface area contributed by atoms with Gasteiger partial charge in [0.25, 0.3) is 5.91 Å². The van der Waals surface area contributed by atoms with Gasteiger partial charge in [-0.2, -0.15) is 5.26 Å². The summed E-state index contributed by atoms with van der Waals surface area (Å²) in [6.07, 6.45) is 1.35. The number of hydrogen-bond donors (Lipinski definition) is 1. The number of imide groups is 1. The highest BCUT2D eigenvalue weighted by molar-refractivity contribution is 6.21. The Kier molecular flexibility index (Phi) is 6.54. The van der Waals surface area contributed by atoms with Crippen LogP contribution in [0.25, 0.3) is 0 Å². The molecule has 0 radical (unpaired) electrons. The molecule has 0 aromatic heterocycles. The molecule has 2 saturated heterocycles. The van der Waals surface area contributed by atoms with Gasteiger partial charge in [0.2, 0.25) is 0 Å². The van der Waals surface area contributed by atoms with E-state index in [2.05, 4.69) is 6.07 Å². The van der Waals surface area contributed by atoms with Crippen molar-refractivity contribution in [1.29, 1.82) is 5.26 Å². The maximum Gasteiger partial charge on any atom is 0.355 e. The SMILES string of the molecule is COC(=O)C1=C(C(=O)OC)N(c2cccc(N3C(=O)C4CCCN4C3=O)c2)C(N)=C(C#N)C1c1ccccc1. The largest absolute Gasteiger partial charge is 0.466 e. The molecule has 11 heteroatoms. The molecule has 2 aromatic rings. The number of hydrogen-bond acceptors (Lipinski definition) is 9. The van der Waals surface area contributed by atoms with Crippen molar-refractivity contribution < 1.29 is 28.7 Å². The van der Waals surface area contributed by atoms with Gasteiger partial charge in [0.15, 0.2) is 0 Å². The Bertz CT molecular complexity index is 1470. The lowest BCUT2D eigenvalue weighted by Gasteiger charge is -2.36. The first-order chi connectivity index (χ1) is 18.8. The van der Waals surface area contributed by atoms with Gasteiger partial charge in [0.05, 0.1) is 43.0 Å². The summed E-state index contributed by atoms with van der Waals surface area (Å²) in [5, 5.41) is 10.2. The molecule has 0 aliphatic carbocycles. The Hall–Kier alpha value is -5.11. The number of allylic oxidation sites excluding steroid dienone is 1. The number of benzene rings is 2. The van der Waals surface area contributed by atoms with Crippen LogP contribution in [0.15, 0.2) is 77.3 Å². The minimum Gasteiger partial charge on any atom is -0.466 e. The van der Waals surface area contributed by atoms with Crippen molar-refractivity contribution in [2.75, 3.05) is 30.6 Å². The zero-order chi connectivity index (χ0) is 27.8. The van der Waals surface area contributed by atoms with Crippen LogP contribution in [0.4, 0.5) is 16.2 Å². The van der Waals surface area contributed by atoms with Gasteiger partial charge < -0.3 is 20.1 Å². The number of carbonyl (C=O) groups is 4. The van der Waals surface area contributed by atoms with Crippen molar-refractivity contribution in [3.05, 3.63) is 82.8 Å². The number of esters is 2. The average Bonchev–Trinajstić information content (AvgIpc) is 3.54. The van der Waals surface area contributed by atoms with Crippen LogP contribution in [0, 0.1) is 11.3 Å². The van der Waals surface area contributed by atoms with E-state index in [1.807, 2.05) is 0 Å². The van der Waals surface area contributed by atoms with Crippen molar-refractivity contribution in [3.8, 4) is 6.07 Å². The van der Waals surface area contributed by atoms with Gasteiger partial charge in [-0.1, -0.05) is 36.4 Å². The maximum atomic E-state index is 13.3. The highest BCUT2D eigenvalue weighted by atomic mass is 16.5. The summed E-state index contributed by atoms with van der Waals surface area (Å²) in [5.74, 6) is -3.20. The van der Waals surface area contributed by atoms with E-state index in [1.54, 1.807) is 48.5 Å². The fraction of sp³-hybridized carbons (Fsp3) is 0.250. The minimum atomic E-state index is -1.01. The Labute approximate surface area is 224 Å². The van der Waals surface area contributed by atoms with Gasteiger partial charge in [-0.25, -0.2) is 19.3 Å². The number of ether oxygens (including phenoxy) is 2. The zero-order valence-electron chi connectivity index (χ0n) is 21.3. The first-order valence-corrected chi connectivity index (χ1v) is 12.2. The van der Waals surface area contributed by atoms with Crippen LogP contribution in [0.1, 0.15) is 24.3 Å². The van der Waals surface area contributed by atoms with E-state index in [0.717, 1.165) is 18.4 Å². The molecule has 3 aliphatic heterocycles. The molecule has 2 atom stereocenters. The third-order valence-electron chi connectivity index (χ3n) is 7.15. The fourth-order valence-corrected chi connectivity index (χ4v) is 5.41. The molecule has 3 heterocycles. The van der Waals surface area contributed by atoms with Gasteiger partial charge >= 0.3 is 18.0 Å². The number of rotatable bonds is 5. The van der Waals surface area contributed by atoms with Crippen molar-refractivity contribution in [1.82, 2.24) is 4.90 Å². The van der Waals surface area contributed by atoms with Crippen molar-refractivity contribution in [2.24, 2.45) is 5.73 Å². The number of carbonyl (C=O) groups excluding carboxylic acids is 4. The lowest BCUT2D eigenvalue weighted by Crippen LogP contribution is -2.41. The van der Waals surface area contributed by atoms with E-state index in [-0.39, 0.29) is 39.9 Å². The summed E-state index contributed by atoms with van der Waals surface area (Å²) in [6, 6.07) is 16.1. The van der Waals surface area contributed by atoms with Crippen LogP contribution in [0.5, 0.6) is 0 Å². The van der Waals surface area contributed by atoms with Gasteiger partial charge in [0, 0.05) is 12.2 Å². The van der Waals surface area contributed by atoms with Crippen molar-refractivity contribution >= 4 is 35.3 Å². The monoisotopic (exact) mass is 527 g/mol. The van der Waals surface area contributed by atoms with Gasteiger partial charge in [-0.3, -0.25) is 9.69 Å². The maximum absolute atomic E-state index is 13.3. The van der Waals surface area contributed by atoms with Gasteiger partial charge in [-0.15, -0.1) is 0 Å². The molecule has 2 N–H and O–H groups in total. The first-order valence-electron chi connectivity index (χ1n) is 12.2. The number of nitriles is 1. The topological polar surface area (TPSA) is 146 Å². The Morgan fingerprint density at radius 2 is 1.64 bits per heavy atom. The minimum absolute atomic E-state index is 0.00799. The van der Waals surface area contributed by atoms with Crippen LogP contribution in [-0.4, -0.2) is 55.6 Å². The zero-order valence-corrected chi connectivity index (χ0v) is 21.3. The molecule has 2 unspecified atom stereocenters. The summed E-state index contributed by atoms with van der Waals surface area (Å²) in [4.78, 5) is 56.5. The number of urea groups is 1. The highest BCUT2D eigenvalue weighted by Gasteiger charge is 2.48. The summed E-state index contributed by atoms with van der Waals surface area (Å²) in [6.45, 7) is 0.497. The summed E-state index contributed by atoms with van der Waals surface area (Å²) in [5.41, 5.74) is 7.21. The van der Waals surface area contributed by atoms with E-state index >= 15 is 0 Å². The molecule has 0 saturated carbocycles. The fourth-order valence-electron chi connectivity index (χ4n) is 5.41. The Morgan fingerprint density at radius 3 is 2.26 bits per heavy atom. The molecular formula is C28H25N5O6. The molecule has 5 rings (SSSR count). The second-order valence-electron chi connectivity index (χ2n) is 9.16. The number of amides is 3. The standard InChI is InChI=1S/C28H25N5O6/c1-38-26(35)22-21(16-8-4-3-5-9-16)19(15-29)24(30)32(23(22)27(36)39-2)17-10-6-11-18(14-17)33-25(34)20-12-7-13-31(20)28(33)37/h3-6,8-11,14,20-21H,7,12-13,30H2,1-2H3. The van der Waals surface area contributed by atoms with Crippen molar-refractivity contribution in [3.63, 3.8) is 0 Å². The third-order valence-corrected chi connectivity index (χ3v) is 7.15. The lowest BCUT2D eigenvalue weighted by atomic mass is 9.81. The Balaban J connectivity index is 1.71. The molecular weight excluding hydrogens is 502 g/mol. The molecule has 39 heavy (non-hydrogen) atoms. The first kappa shape index (κ1) is 25.5. The quantitative estimate of drug-likeness (QED) is 0.458. The van der Waals surface area contributed by atoms with Crippen LogP contribution in [0.2, 0.25) is 0 Å². The average molecular weight is 528 g/mol. The molecule has 0 spiro atoms. The van der Waals surface area contributed by atoms with Crippen LogP contribution in [-0.2, 0) is 23.9 Å². The third kappa shape index (κ3) is 3.97. The number of nitrogens with two attached hydrogens (primary N) is 1. The second kappa shape index (κ2) is 9.98. The molecule has 3 amide bonds. The van der Waals surface area contributed by atoms with Crippen molar-refractivity contribution in [2.45, 2.75) is 24.8 Å². The van der Waals surface area contributed by atoms with E-state index in [1.165, 1.54) is 23.0 Å². The van der Waals surface area contributed by atoms with Crippen LogP contribution >= 0.6 is 0 Å². The molecule has 0 bridgehead atoms. The Morgan fingerprint density at radius 1 is 0.974 bits per heavy atom. The molecule has 3 aliphatic rings. The molecule has 11 nitrogen and oxygen atoms in total. The van der Waals surface area contributed by atoms with Gasteiger partial charge in [-0.05, 0) is 36.6 Å². The van der Waals surface area contributed by atoms with Crippen LogP contribution < -0.4 is 15.5 Å². The van der Waals surface area contributed by atoms with Crippen LogP contribution in [0.3, 0.4) is 0 Å². The number of nitrogens with zero attached hydrogens (tertiary/aromatic N) is 4. The number of anilines is 2. The predicted octanol–water partition coefficient (Wildman–Crippen LogP) is 2.52. The molecule has 2 fully saturated rings. The smallest absolute Gasteiger partial charge is 0.355 e. The number of methoxy groups -OCH3 is 2. The molecule has 198 valence electrons. The van der Waals surface area contributed by atoms with E-state index in [4.69, 9.17) is 15.2 Å². The predicted molar refractivity (Wildman–Crippen MR) is 139 cm³/mol.